The number of hydrogen-bond acceptors (Lipinski definition) is 5. The van der Waals surface area contributed by atoms with E-state index in [1.54, 1.807) is 0 Å². The van der Waals surface area contributed by atoms with Gasteiger partial charge in [-0.3, -0.25) is 9.38 Å². The number of nitrogens with zero attached hydrogens (tertiary/aromatic N) is 5. The fraction of sp³-hybridized carbons (Fsp3) is 0.286. The number of aromatic nitrogens is 5. The highest BCUT2D eigenvalue weighted by molar-refractivity contribution is 5.59. The smallest absolute Gasteiger partial charge is 0.422 e. The molecule has 0 saturated carbocycles. The lowest BCUT2D eigenvalue weighted by Crippen LogP contribution is -2.20. The van der Waals surface area contributed by atoms with Crippen molar-refractivity contribution in [3.8, 4) is 17.1 Å². The largest absolute Gasteiger partial charge is 0.466 e. The van der Waals surface area contributed by atoms with Gasteiger partial charge in [0.05, 0.1) is 11.9 Å². The van der Waals surface area contributed by atoms with Crippen LogP contribution in [-0.2, 0) is 0 Å². The molecule has 3 heterocycles. The fourth-order valence-electron chi connectivity index (χ4n) is 2.06. The quantitative estimate of drug-likeness (QED) is 0.669. The fourth-order valence-corrected chi connectivity index (χ4v) is 2.06. The van der Waals surface area contributed by atoms with Crippen molar-refractivity contribution in [2.24, 2.45) is 0 Å². The summed E-state index contributed by atoms with van der Waals surface area (Å²) in [7, 11) is 0. The molecule has 0 N–H and O–H groups in total. The van der Waals surface area contributed by atoms with Crippen LogP contribution in [0.1, 0.15) is 18.9 Å². The summed E-state index contributed by atoms with van der Waals surface area (Å²) in [5.74, 6) is -1.81. The number of rotatable bonds is 4. The molecule has 1 unspecified atom stereocenters. The maximum atomic E-state index is 13.9. The summed E-state index contributed by atoms with van der Waals surface area (Å²) in [5, 5.41) is 7.44. The first-order valence-corrected chi connectivity index (χ1v) is 6.95. The molecule has 0 fully saturated rings. The Morgan fingerprint density at radius 3 is 2.60 bits per heavy atom. The molecule has 0 saturated heterocycles. The molecule has 0 aliphatic heterocycles. The zero-order valence-corrected chi connectivity index (χ0v) is 12.6. The van der Waals surface area contributed by atoms with E-state index in [0.717, 1.165) is 12.3 Å². The van der Waals surface area contributed by atoms with Crippen molar-refractivity contribution in [3.05, 3.63) is 36.3 Å². The van der Waals surface area contributed by atoms with Crippen molar-refractivity contribution < 1.29 is 26.7 Å². The van der Waals surface area contributed by atoms with Crippen LogP contribution in [0.5, 0.6) is 5.88 Å². The van der Waals surface area contributed by atoms with Crippen LogP contribution >= 0.6 is 0 Å². The van der Waals surface area contributed by atoms with Gasteiger partial charge in [-0.15, -0.1) is 10.2 Å². The molecule has 1 atom stereocenters. The third-order valence-electron chi connectivity index (χ3n) is 3.15. The lowest BCUT2D eigenvalue weighted by Gasteiger charge is -2.10. The SMILES string of the molecule is CC(F)c1nnc2cnc(-c3cnc(OCC(F)(F)F)c(F)c3)cn12. The van der Waals surface area contributed by atoms with Gasteiger partial charge in [-0.05, 0) is 13.0 Å². The van der Waals surface area contributed by atoms with Crippen molar-refractivity contribution >= 4 is 5.65 Å². The van der Waals surface area contributed by atoms with Crippen LogP contribution in [0.2, 0.25) is 0 Å². The van der Waals surface area contributed by atoms with E-state index in [0.29, 0.717) is 5.65 Å². The Balaban J connectivity index is 1.92. The molecule has 0 aliphatic carbocycles. The second-order valence-electron chi connectivity index (χ2n) is 5.09. The molecular formula is C14H10F5N5O. The molecule has 0 bridgehead atoms. The molecule has 3 aromatic heterocycles. The van der Waals surface area contributed by atoms with Gasteiger partial charge in [0.2, 0.25) is 0 Å². The summed E-state index contributed by atoms with van der Waals surface area (Å²) < 4.78 is 69.4. The van der Waals surface area contributed by atoms with Gasteiger partial charge in [0.1, 0.15) is 0 Å². The highest BCUT2D eigenvalue weighted by atomic mass is 19.4. The summed E-state index contributed by atoms with van der Waals surface area (Å²) >= 11 is 0. The third-order valence-corrected chi connectivity index (χ3v) is 3.15. The minimum absolute atomic E-state index is 0.0391. The molecular weight excluding hydrogens is 349 g/mol. The highest BCUT2D eigenvalue weighted by Crippen LogP contribution is 2.25. The van der Waals surface area contributed by atoms with E-state index in [-0.39, 0.29) is 17.1 Å². The van der Waals surface area contributed by atoms with Gasteiger partial charge in [0, 0.05) is 18.0 Å². The highest BCUT2D eigenvalue weighted by Gasteiger charge is 2.29. The average molecular weight is 359 g/mol. The zero-order chi connectivity index (χ0) is 18.2. The lowest BCUT2D eigenvalue weighted by atomic mass is 10.2. The van der Waals surface area contributed by atoms with Crippen LogP contribution in [0, 0.1) is 5.82 Å². The summed E-state index contributed by atoms with van der Waals surface area (Å²) in [6.45, 7) is -0.372. The maximum absolute atomic E-state index is 13.9. The van der Waals surface area contributed by atoms with Crippen molar-refractivity contribution in [2.45, 2.75) is 19.3 Å². The number of hydrogen-bond donors (Lipinski definition) is 0. The van der Waals surface area contributed by atoms with Crippen LogP contribution in [0.15, 0.2) is 24.7 Å². The summed E-state index contributed by atoms with van der Waals surface area (Å²) in [5.41, 5.74) is 0.676. The average Bonchev–Trinajstić information content (AvgIpc) is 2.96. The number of fused-ring (bicyclic) bond motifs is 1. The van der Waals surface area contributed by atoms with Gasteiger partial charge in [-0.2, -0.15) is 13.2 Å². The molecule has 3 aromatic rings. The normalized spacial score (nSPS) is 13.2. The van der Waals surface area contributed by atoms with Gasteiger partial charge >= 0.3 is 6.18 Å². The maximum Gasteiger partial charge on any atom is 0.422 e. The number of pyridine rings is 1. The van der Waals surface area contributed by atoms with E-state index in [1.165, 1.54) is 23.7 Å². The van der Waals surface area contributed by atoms with Crippen LogP contribution < -0.4 is 4.74 Å². The van der Waals surface area contributed by atoms with E-state index in [9.17, 15) is 22.0 Å². The molecule has 0 spiro atoms. The first-order valence-electron chi connectivity index (χ1n) is 6.95. The predicted octanol–water partition coefficient (Wildman–Crippen LogP) is 3.30. The van der Waals surface area contributed by atoms with Crippen molar-refractivity contribution in [3.63, 3.8) is 0 Å². The van der Waals surface area contributed by atoms with E-state index in [1.807, 2.05) is 0 Å². The van der Waals surface area contributed by atoms with Crippen molar-refractivity contribution in [2.75, 3.05) is 6.61 Å². The second-order valence-corrected chi connectivity index (χ2v) is 5.09. The number of halogens is 5. The van der Waals surface area contributed by atoms with Gasteiger partial charge in [0.25, 0.3) is 5.88 Å². The van der Waals surface area contributed by atoms with Gasteiger partial charge < -0.3 is 4.74 Å². The number of alkyl halides is 4. The van der Waals surface area contributed by atoms with E-state index < -0.39 is 30.7 Å². The third kappa shape index (κ3) is 3.64. The molecule has 3 rings (SSSR count). The minimum Gasteiger partial charge on any atom is -0.466 e. The summed E-state index contributed by atoms with van der Waals surface area (Å²) in [6.07, 6.45) is -2.20. The topological polar surface area (TPSA) is 65.2 Å². The minimum atomic E-state index is -4.60. The Hall–Kier alpha value is -2.85. The summed E-state index contributed by atoms with van der Waals surface area (Å²) in [4.78, 5) is 7.56. The van der Waals surface area contributed by atoms with Crippen molar-refractivity contribution in [1.82, 2.24) is 24.6 Å². The standard InChI is InChI=1S/C14H10F5N5O/c1-7(15)12-23-22-11-4-20-10(5-24(11)12)8-2-9(16)13(21-3-8)25-6-14(17,18)19/h2-5,7H,6H2,1H3. The molecule has 0 aliphatic rings. The Morgan fingerprint density at radius 1 is 1.20 bits per heavy atom. The Kier molecular flexibility index (Phi) is 4.23. The van der Waals surface area contributed by atoms with Crippen LogP contribution in [0.4, 0.5) is 22.0 Å². The molecule has 6 nitrogen and oxygen atoms in total. The Morgan fingerprint density at radius 2 is 1.96 bits per heavy atom. The summed E-state index contributed by atoms with van der Waals surface area (Å²) in [6, 6.07) is 0.926. The molecule has 0 radical (unpaired) electrons. The van der Waals surface area contributed by atoms with Gasteiger partial charge in [-0.1, -0.05) is 0 Å². The zero-order valence-electron chi connectivity index (χ0n) is 12.6. The van der Waals surface area contributed by atoms with Crippen LogP contribution in [0.3, 0.4) is 0 Å². The van der Waals surface area contributed by atoms with Crippen molar-refractivity contribution in [1.29, 1.82) is 0 Å². The second kappa shape index (κ2) is 6.22. The molecule has 25 heavy (non-hydrogen) atoms. The van der Waals surface area contributed by atoms with Gasteiger partial charge in [0.15, 0.2) is 30.1 Å². The predicted molar refractivity (Wildman–Crippen MR) is 75.0 cm³/mol. The number of ether oxygens (including phenoxy) is 1. The molecule has 0 amide bonds. The molecule has 0 aromatic carbocycles. The molecule has 11 heteroatoms. The van der Waals surface area contributed by atoms with E-state index in [4.69, 9.17) is 0 Å². The van der Waals surface area contributed by atoms with E-state index in [2.05, 4.69) is 24.9 Å². The van der Waals surface area contributed by atoms with E-state index >= 15 is 0 Å². The lowest BCUT2D eigenvalue weighted by molar-refractivity contribution is -0.154. The first-order chi connectivity index (χ1) is 11.7. The Labute approximate surface area is 137 Å². The van der Waals surface area contributed by atoms with Crippen LogP contribution in [0.25, 0.3) is 16.9 Å². The monoisotopic (exact) mass is 359 g/mol. The Bertz CT molecular complexity index is 908. The van der Waals surface area contributed by atoms with Crippen LogP contribution in [-0.4, -0.2) is 37.3 Å². The first kappa shape index (κ1) is 17.0. The molecule has 132 valence electrons. The van der Waals surface area contributed by atoms with Gasteiger partial charge in [-0.25, -0.2) is 13.8 Å².